The Kier molecular flexibility index (Phi) is 32.1. The van der Waals surface area contributed by atoms with Crippen LogP contribution >= 0.6 is 0 Å². The van der Waals surface area contributed by atoms with Crippen LogP contribution in [0.25, 0.3) is 0 Å². The molecule has 0 aromatic rings. The average Bonchev–Trinajstić information content (AvgIpc) is 2.43. The predicted octanol–water partition coefficient (Wildman–Crippen LogP) is 5.31. The molecular weight excluding hydrogens is 312 g/mol. The third-order valence-corrected chi connectivity index (χ3v) is 4.10. The van der Waals surface area contributed by atoms with Crippen molar-refractivity contribution in [1.82, 2.24) is 0 Å². The van der Waals surface area contributed by atoms with Crippen molar-refractivity contribution in [3.63, 3.8) is 0 Å². The van der Waals surface area contributed by atoms with Crippen molar-refractivity contribution in [2.24, 2.45) is 0 Å². The van der Waals surface area contributed by atoms with Gasteiger partial charge in [-0.2, -0.15) is 0 Å². The summed E-state index contributed by atoms with van der Waals surface area (Å²) in [5.41, 5.74) is 3.89. The number of unbranched alkanes of at least 4 members (excludes halogenated alkanes) is 15. The van der Waals surface area contributed by atoms with Crippen LogP contribution in [0.15, 0.2) is 0 Å². The van der Waals surface area contributed by atoms with E-state index in [0.717, 1.165) is 6.54 Å². The van der Waals surface area contributed by atoms with Crippen LogP contribution in [0.3, 0.4) is 0 Å². The zero-order chi connectivity index (χ0) is 14.0. The van der Waals surface area contributed by atoms with Crippen LogP contribution < -0.4 is 5.73 Å². The Morgan fingerprint density at radius 3 is 0.952 bits per heavy atom. The van der Waals surface area contributed by atoms with Gasteiger partial charge in [-0.05, 0) is 12.8 Å². The molecule has 0 aliphatic carbocycles. The molecule has 0 saturated heterocycles. The van der Waals surface area contributed by atoms with E-state index < -0.39 is 0 Å². The molecule has 0 aromatic carbocycles. The minimum Gasteiger partial charge on any atom is -0.870 e. The fourth-order valence-corrected chi connectivity index (χ4v) is 2.72. The molecular formula is C18H41NOZn. The standard InChI is InChI=1S/C18H39N.H2O.Zn/c1-2-3-4-5-6-7-8-9-10-11-12-13-14-15-16-17-18-19;;/h2-19H2,1H3;1H2;. The molecule has 4 N–H and O–H groups in total. The summed E-state index contributed by atoms with van der Waals surface area (Å²) in [5, 5.41) is 0. The van der Waals surface area contributed by atoms with Gasteiger partial charge in [0.25, 0.3) is 0 Å². The third kappa shape index (κ3) is 25.8. The van der Waals surface area contributed by atoms with Gasteiger partial charge in [-0.3, -0.25) is 0 Å². The summed E-state index contributed by atoms with van der Waals surface area (Å²) < 4.78 is 0. The first-order chi connectivity index (χ1) is 9.41. The molecule has 0 radical (unpaired) electrons. The molecule has 0 aromatic heterocycles. The minimum absolute atomic E-state index is 0. The molecule has 0 amide bonds. The first-order valence-corrected chi connectivity index (χ1v) is 9.21. The molecule has 21 heavy (non-hydrogen) atoms. The van der Waals surface area contributed by atoms with Crippen molar-refractivity contribution in [3.05, 3.63) is 0 Å². The summed E-state index contributed by atoms with van der Waals surface area (Å²) in [6.45, 7) is 3.42. The van der Waals surface area contributed by atoms with Gasteiger partial charge < -0.3 is 11.2 Å². The minimum atomic E-state index is 0. The van der Waals surface area contributed by atoms with E-state index in [2.05, 4.69) is 12.7 Å². The maximum atomic E-state index is 3.89. The largest absolute Gasteiger partial charge is 0.870 e. The van der Waals surface area contributed by atoms with Gasteiger partial charge in [0.1, 0.15) is 0 Å². The van der Waals surface area contributed by atoms with E-state index >= 15 is 0 Å². The Bertz CT molecular complexity index is 140. The number of hydrogen-bond donors (Lipinski definition) is 1. The van der Waals surface area contributed by atoms with Crippen molar-refractivity contribution in [2.75, 3.05) is 6.54 Å². The van der Waals surface area contributed by atoms with E-state index in [0.29, 0.717) is 0 Å². The summed E-state index contributed by atoms with van der Waals surface area (Å²) in [7, 11) is 0. The van der Waals surface area contributed by atoms with Gasteiger partial charge in [-0.15, -0.1) is 0 Å². The van der Waals surface area contributed by atoms with Gasteiger partial charge in [0.05, 0.1) is 6.54 Å². The topological polar surface area (TPSA) is 57.6 Å². The SMILES string of the molecule is CCCCCCCCCCCCCCCCCC[NH3+].[OH-].[Zn]. The van der Waals surface area contributed by atoms with Crippen molar-refractivity contribution >= 4 is 0 Å². The van der Waals surface area contributed by atoms with E-state index in [1.165, 1.54) is 103 Å². The smallest absolute Gasteiger partial charge is 0.0739 e. The number of quaternary nitrogens is 1. The zero-order valence-electron chi connectivity index (χ0n) is 14.9. The molecule has 0 aliphatic rings. The van der Waals surface area contributed by atoms with Crippen LogP contribution in [-0.2, 0) is 19.5 Å². The maximum Gasteiger partial charge on any atom is 0.0739 e. The van der Waals surface area contributed by atoms with Gasteiger partial charge >= 0.3 is 0 Å². The molecule has 0 bridgehead atoms. The van der Waals surface area contributed by atoms with Crippen LogP contribution in [-0.4, -0.2) is 12.0 Å². The van der Waals surface area contributed by atoms with E-state index in [1.54, 1.807) is 0 Å². The zero-order valence-corrected chi connectivity index (χ0v) is 17.8. The van der Waals surface area contributed by atoms with Crippen molar-refractivity contribution < 1.29 is 30.7 Å². The summed E-state index contributed by atoms with van der Waals surface area (Å²) in [6, 6.07) is 0. The van der Waals surface area contributed by atoms with Gasteiger partial charge in [-0.25, -0.2) is 0 Å². The number of rotatable bonds is 16. The Morgan fingerprint density at radius 2 is 0.714 bits per heavy atom. The number of hydrogen-bond acceptors (Lipinski definition) is 1. The predicted molar refractivity (Wildman–Crippen MR) is 89.2 cm³/mol. The molecule has 3 heteroatoms. The molecule has 0 rings (SSSR count). The maximum absolute atomic E-state index is 3.89. The normalized spacial score (nSPS) is 10.0. The molecule has 0 spiro atoms. The van der Waals surface area contributed by atoms with Crippen LogP contribution in [0.2, 0.25) is 0 Å². The molecule has 0 atom stereocenters. The summed E-state index contributed by atoms with van der Waals surface area (Å²) in [6.07, 6.45) is 23.2. The first kappa shape index (κ1) is 26.4. The molecule has 0 saturated carbocycles. The van der Waals surface area contributed by atoms with Gasteiger partial charge in [0.2, 0.25) is 0 Å². The van der Waals surface area contributed by atoms with E-state index in [-0.39, 0.29) is 25.0 Å². The van der Waals surface area contributed by atoms with E-state index in [4.69, 9.17) is 0 Å². The Hall–Kier alpha value is 0.543. The van der Waals surface area contributed by atoms with Crippen LogP contribution in [0.1, 0.15) is 110 Å². The summed E-state index contributed by atoms with van der Waals surface area (Å²) in [4.78, 5) is 0. The third-order valence-electron chi connectivity index (χ3n) is 4.10. The molecule has 0 fully saturated rings. The van der Waals surface area contributed by atoms with Crippen LogP contribution in [0, 0.1) is 0 Å². The van der Waals surface area contributed by atoms with Crippen molar-refractivity contribution in [2.45, 2.75) is 110 Å². The molecule has 0 unspecified atom stereocenters. The van der Waals surface area contributed by atoms with E-state index in [1.807, 2.05) is 0 Å². The fourth-order valence-electron chi connectivity index (χ4n) is 2.72. The average molecular weight is 353 g/mol. The van der Waals surface area contributed by atoms with E-state index in [9.17, 15) is 0 Å². The first-order valence-electron chi connectivity index (χ1n) is 9.21. The second kappa shape index (κ2) is 25.5. The monoisotopic (exact) mass is 351 g/mol. The second-order valence-corrected chi connectivity index (χ2v) is 6.16. The summed E-state index contributed by atoms with van der Waals surface area (Å²) >= 11 is 0. The van der Waals surface area contributed by atoms with Crippen LogP contribution in [0.4, 0.5) is 0 Å². The Labute approximate surface area is 147 Å². The van der Waals surface area contributed by atoms with Crippen LogP contribution in [0.5, 0.6) is 0 Å². The molecule has 2 nitrogen and oxygen atoms in total. The Balaban J connectivity index is -0.00000162. The molecule has 126 valence electrons. The van der Waals surface area contributed by atoms with Gasteiger partial charge in [0.15, 0.2) is 0 Å². The van der Waals surface area contributed by atoms with Crippen molar-refractivity contribution in [1.29, 1.82) is 0 Å². The van der Waals surface area contributed by atoms with Crippen molar-refractivity contribution in [3.8, 4) is 0 Å². The fraction of sp³-hybridized carbons (Fsp3) is 1.00. The molecule has 0 aliphatic heterocycles. The van der Waals surface area contributed by atoms with Gasteiger partial charge in [-0.1, -0.05) is 96.8 Å². The molecule has 0 heterocycles. The second-order valence-electron chi connectivity index (χ2n) is 6.16. The quantitative estimate of drug-likeness (QED) is 0.297. The summed E-state index contributed by atoms with van der Waals surface area (Å²) in [5.74, 6) is 0. The van der Waals surface area contributed by atoms with Gasteiger partial charge in [0, 0.05) is 19.5 Å². The Morgan fingerprint density at radius 1 is 0.476 bits per heavy atom.